The number of nitrogens with one attached hydrogen (secondary N) is 1. The minimum Gasteiger partial charge on any atom is -0.504 e. The van der Waals surface area contributed by atoms with Crippen molar-refractivity contribution in [1.82, 2.24) is 10.2 Å². The van der Waals surface area contributed by atoms with Crippen molar-refractivity contribution in [1.29, 1.82) is 0 Å². The largest absolute Gasteiger partial charge is 0.504 e. The molecule has 0 aliphatic heterocycles. The quantitative estimate of drug-likeness (QED) is 0.572. The molecule has 0 aliphatic rings. The van der Waals surface area contributed by atoms with E-state index in [-0.39, 0.29) is 18.2 Å². The summed E-state index contributed by atoms with van der Waals surface area (Å²) in [5, 5.41) is 12.5. The van der Waals surface area contributed by atoms with Gasteiger partial charge in [0.1, 0.15) is 0 Å². The van der Waals surface area contributed by atoms with E-state index in [0.29, 0.717) is 18.8 Å². The van der Waals surface area contributed by atoms with E-state index in [0.717, 1.165) is 5.56 Å². The van der Waals surface area contributed by atoms with Crippen molar-refractivity contribution >= 4 is 5.91 Å². The van der Waals surface area contributed by atoms with E-state index in [1.54, 1.807) is 36.2 Å². The lowest BCUT2D eigenvalue weighted by molar-refractivity contribution is -0.129. The molecule has 2 N–H and O–H groups in total. The van der Waals surface area contributed by atoms with E-state index in [9.17, 15) is 9.90 Å². The Hall–Kier alpha value is -2.01. The fourth-order valence-electron chi connectivity index (χ4n) is 1.60. The Kier molecular flexibility index (Phi) is 5.89. The SMILES string of the molecule is C=CCNCC(=O)N(C)Cc1ccc(O)c(OC)c1. The van der Waals surface area contributed by atoms with Gasteiger partial charge >= 0.3 is 0 Å². The number of hydrogen-bond acceptors (Lipinski definition) is 4. The number of nitrogens with zero attached hydrogens (tertiary/aromatic N) is 1. The van der Waals surface area contributed by atoms with E-state index in [2.05, 4.69) is 11.9 Å². The molecule has 0 unspecified atom stereocenters. The zero-order chi connectivity index (χ0) is 14.3. The second-order valence-corrected chi connectivity index (χ2v) is 4.18. The van der Waals surface area contributed by atoms with Crippen molar-refractivity contribution < 1.29 is 14.6 Å². The van der Waals surface area contributed by atoms with Crippen molar-refractivity contribution in [3.63, 3.8) is 0 Å². The monoisotopic (exact) mass is 264 g/mol. The summed E-state index contributed by atoms with van der Waals surface area (Å²) in [6, 6.07) is 5.04. The molecule has 1 aromatic rings. The zero-order valence-electron chi connectivity index (χ0n) is 11.3. The minimum absolute atomic E-state index is 0.00566. The first kappa shape index (κ1) is 15.0. The zero-order valence-corrected chi connectivity index (χ0v) is 11.3. The molecule has 0 atom stereocenters. The van der Waals surface area contributed by atoms with Crippen LogP contribution in [0.2, 0.25) is 0 Å². The van der Waals surface area contributed by atoms with E-state index < -0.39 is 0 Å². The molecule has 5 nitrogen and oxygen atoms in total. The number of carbonyl (C=O) groups is 1. The first-order valence-electron chi connectivity index (χ1n) is 6.00. The third kappa shape index (κ3) is 4.63. The van der Waals surface area contributed by atoms with Gasteiger partial charge in [-0.25, -0.2) is 0 Å². The summed E-state index contributed by atoms with van der Waals surface area (Å²) in [5.41, 5.74) is 0.897. The Morgan fingerprint density at radius 2 is 2.32 bits per heavy atom. The number of rotatable bonds is 7. The summed E-state index contributed by atoms with van der Waals surface area (Å²) in [7, 11) is 3.23. The molecule has 19 heavy (non-hydrogen) atoms. The van der Waals surface area contributed by atoms with Crippen LogP contribution in [0.1, 0.15) is 5.56 Å². The van der Waals surface area contributed by atoms with Gasteiger partial charge in [0.15, 0.2) is 11.5 Å². The third-order valence-corrected chi connectivity index (χ3v) is 2.65. The second kappa shape index (κ2) is 7.43. The average Bonchev–Trinajstić information content (AvgIpc) is 2.41. The Morgan fingerprint density at radius 3 is 2.95 bits per heavy atom. The number of amides is 1. The number of likely N-dealkylation sites (N-methyl/N-ethyl adjacent to an activating group) is 1. The van der Waals surface area contributed by atoms with Gasteiger partial charge in [-0.1, -0.05) is 12.1 Å². The van der Waals surface area contributed by atoms with Crippen LogP contribution in [0.25, 0.3) is 0 Å². The molecule has 0 fully saturated rings. The predicted octanol–water partition coefficient (Wildman–Crippen LogP) is 1.13. The number of ether oxygens (including phenoxy) is 1. The van der Waals surface area contributed by atoms with Crippen LogP contribution in [-0.2, 0) is 11.3 Å². The molecule has 0 spiro atoms. The average molecular weight is 264 g/mol. The molecule has 0 aromatic heterocycles. The van der Waals surface area contributed by atoms with Crippen LogP contribution in [-0.4, -0.2) is 43.2 Å². The van der Waals surface area contributed by atoms with Crippen LogP contribution in [0.5, 0.6) is 11.5 Å². The number of phenolic OH excluding ortho intramolecular Hbond substituents is 1. The van der Waals surface area contributed by atoms with Crippen LogP contribution >= 0.6 is 0 Å². The van der Waals surface area contributed by atoms with E-state index >= 15 is 0 Å². The predicted molar refractivity (Wildman–Crippen MR) is 74.2 cm³/mol. The van der Waals surface area contributed by atoms with Crippen LogP contribution in [0.15, 0.2) is 30.9 Å². The first-order chi connectivity index (χ1) is 9.08. The molecule has 1 amide bonds. The van der Waals surface area contributed by atoms with Crippen molar-refractivity contribution in [2.45, 2.75) is 6.54 Å². The fraction of sp³-hybridized carbons (Fsp3) is 0.357. The van der Waals surface area contributed by atoms with Crippen molar-refractivity contribution in [3.05, 3.63) is 36.4 Å². The van der Waals surface area contributed by atoms with Gasteiger partial charge in [-0.3, -0.25) is 4.79 Å². The Bertz CT molecular complexity index is 446. The molecular formula is C14H20N2O3. The Labute approximate surface area is 113 Å². The normalized spacial score (nSPS) is 10.0. The molecular weight excluding hydrogens is 244 g/mol. The Balaban J connectivity index is 2.58. The van der Waals surface area contributed by atoms with Crippen molar-refractivity contribution in [3.8, 4) is 11.5 Å². The highest BCUT2D eigenvalue weighted by Crippen LogP contribution is 2.26. The standard InChI is InChI=1S/C14H20N2O3/c1-4-7-15-9-14(18)16(2)10-11-5-6-12(17)13(8-11)19-3/h4-6,8,15,17H,1,7,9-10H2,2-3H3. The maximum Gasteiger partial charge on any atom is 0.236 e. The van der Waals surface area contributed by atoms with E-state index in [4.69, 9.17) is 4.74 Å². The van der Waals surface area contributed by atoms with Crippen LogP contribution < -0.4 is 10.1 Å². The van der Waals surface area contributed by atoms with Crippen molar-refractivity contribution in [2.75, 3.05) is 27.2 Å². The molecule has 5 heteroatoms. The molecule has 104 valence electrons. The second-order valence-electron chi connectivity index (χ2n) is 4.18. The lowest BCUT2D eigenvalue weighted by atomic mass is 10.2. The smallest absolute Gasteiger partial charge is 0.236 e. The summed E-state index contributed by atoms with van der Waals surface area (Å²) in [5.74, 6) is 0.491. The maximum absolute atomic E-state index is 11.8. The highest BCUT2D eigenvalue weighted by Gasteiger charge is 2.10. The molecule has 0 radical (unpaired) electrons. The summed E-state index contributed by atoms with van der Waals surface area (Å²) < 4.78 is 5.03. The Morgan fingerprint density at radius 1 is 1.58 bits per heavy atom. The molecule has 0 saturated heterocycles. The lowest BCUT2D eigenvalue weighted by Gasteiger charge is -2.18. The van der Waals surface area contributed by atoms with Gasteiger partial charge < -0.3 is 20.1 Å². The van der Waals surface area contributed by atoms with Gasteiger partial charge in [0, 0.05) is 20.1 Å². The number of benzene rings is 1. The van der Waals surface area contributed by atoms with Gasteiger partial charge in [0.2, 0.25) is 5.91 Å². The summed E-state index contributed by atoms with van der Waals surface area (Å²) in [6.07, 6.45) is 1.71. The van der Waals surface area contributed by atoms with Crippen LogP contribution in [0.3, 0.4) is 0 Å². The molecule has 0 bridgehead atoms. The van der Waals surface area contributed by atoms with Crippen LogP contribution in [0, 0.1) is 0 Å². The highest BCUT2D eigenvalue weighted by atomic mass is 16.5. The molecule has 1 rings (SSSR count). The summed E-state index contributed by atoms with van der Waals surface area (Å²) in [4.78, 5) is 13.4. The number of carbonyl (C=O) groups excluding carboxylic acids is 1. The van der Waals surface area contributed by atoms with Gasteiger partial charge in [-0.05, 0) is 17.7 Å². The van der Waals surface area contributed by atoms with Crippen LogP contribution in [0.4, 0.5) is 0 Å². The molecule has 0 aliphatic carbocycles. The number of phenols is 1. The van der Waals surface area contributed by atoms with E-state index in [1.165, 1.54) is 7.11 Å². The number of hydrogen-bond donors (Lipinski definition) is 2. The number of methoxy groups -OCH3 is 1. The van der Waals surface area contributed by atoms with Gasteiger partial charge in [0.05, 0.1) is 13.7 Å². The third-order valence-electron chi connectivity index (χ3n) is 2.65. The summed E-state index contributed by atoms with van der Waals surface area (Å²) >= 11 is 0. The topological polar surface area (TPSA) is 61.8 Å². The highest BCUT2D eigenvalue weighted by molar-refractivity contribution is 5.78. The fourth-order valence-corrected chi connectivity index (χ4v) is 1.60. The number of aromatic hydroxyl groups is 1. The molecule has 1 aromatic carbocycles. The maximum atomic E-state index is 11.8. The first-order valence-corrected chi connectivity index (χ1v) is 6.00. The molecule has 0 heterocycles. The minimum atomic E-state index is -0.00566. The van der Waals surface area contributed by atoms with Gasteiger partial charge in [-0.2, -0.15) is 0 Å². The van der Waals surface area contributed by atoms with Gasteiger partial charge in [0.25, 0.3) is 0 Å². The molecule has 0 saturated carbocycles. The van der Waals surface area contributed by atoms with E-state index in [1.807, 2.05) is 0 Å². The lowest BCUT2D eigenvalue weighted by Crippen LogP contribution is -2.35. The van der Waals surface area contributed by atoms with Gasteiger partial charge in [-0.15, -0.1) is 6.58 Å². The van der Waals surface area contributed by atoms with Crippen molar-refractivity contribution in [2.24, 2.45) is 0 Å². The summed E-state index contributed by atoms with van der Waals surface area (Å²) in [6.45, 7) is 4.92.